The molecule has 3 rings (SSSR count). The Morgan fingerprint density at radius 3 is 2.61 bits per heavy atom. The van der Waals surface area contributed by atoms with Crippen molar-refractivity contribution in [1.29, 1.82) is 0 Å². The van der Waals surface area contributed by atoms with E-state index in [1.807, 2.05) is 59.0 Å². The molecule has 1 aromatic carbocycles. The van der Waals surface area contributed by atoms with E-state index >= 15 is 0 Å². The maximum absolute atomic E-state index is 11.7. The van der Waals surface area contributed by atoms with Gasteiger partial charge in [0.15, 0.2) is 6.29 Å². The molecule has 1 fully saturated rings. The van der Waals surface area contributed by atoms with Gasteiger partial charge in [0, 0.05) is 18.3 Å². The van der Waals surface area contributed by atoms with Gasteiger partial charge in [0.1, 0.15) is 0 Å². The highest BCUT2D eigenvalue weighted by atomic mass is 127. The predicted molar refractivity (Wildman–Crippen MR) is 93.2 cm³/mol. The molecule has 0 unspecified atom stereocenters. The van der Waals surface area contributed by atoms with Crippen LogP contribution >= 0.6 is 22.6 Å². The van der Waals surface area contributed by atoms with Crippen LogP contribution in [0.25, 0.3) is 0 Å². The number of rotatable bonds is 3. The fourth-order valence-corrected chi connectivity index (χ4v) is 2.69. The Labute approximate surface area is 145 Å². The molecule has 23 heavy (non-hydrogen) atoms. The molecule has 0 bridgehead atoms. The summed E-state index contributed by atoms with van der Waals surface area (Å²) in [5.41, 5.74) is 1.16. The Morgan fingerprint density at radius 2 is 1.91 bits per heavy atom. The molecular formula is C16H15IN2O4. The topological polar surface area (TPSA) is 73.3 Å². The largest absolute Gasteiger partial charge is 0.344 e. The van der Waals surface area contributed by atoms with Crippen molar-refractivity contribution in [3.05, 3.63) is 78.1 Å². The van der Waals surface area contributed by atoms with Crippen molar-refractivity contribution < 1.29 is 9.47 Å². The maximum atomic E-state index is 11.7. The molecule has 1 saturated heterocycles. The molecule has 0 amide bonds. The smallest absolute Gasteiger partial charge is 0.328 e. The van der Waals surface area contributed by atoms with Crippen molar-refractivity contribution in [2.75, 3.05) is 13.2 Å². The molecule has 1 N–H and O–H groups in total. The number of hydrogen-bond acceptors (Lipinski definition) is 4. The fourth-order valence-electron chi connectivity index (χ4n) is 2.22. The summed E-state index contributed by atoms with van der Waals surface area (Å²) in [6.07, 6.45) is 3.07. The van der Waals surface area contributed by atoms with Crippen LogP contribution in [0.1, 0.15) is 11.9 Å². The van der Waals surface area contributed by atoms with Gasteiger partial charge in [-0.2, -0.15) is 0 Å². The van der Waals surface area contributed by atoms with E-state index in [-0.39, 0.29) is 11.8 Å². The molecule has 0 aliphatic carbocycles. The van der Waals surface area contributed by atoms with Crippen LogP contribution in [0.3, 0.4) is 0 Å². The zero-order valence-corrected chi connectivity index (χ0v) is 14.4. The summed E-state index contributed by atoms with van der Waals surface area (Å²) < 4.78 is 13.3. The summed E-state index contributed by atoms with van der Waals surface area (Å²) in [5.74, 6) is 0. The van der Waals surface area contributed by atoms with Crippen LogP contribution < -0.4 is 11.2 Å². The molecule has 1 aliphatic heterocycles. The van der Waals surface area contributed by atoms with E-state index in [1.54, 1.807) is 0 Å². The first-order valence-corrected chi connectivity index (χ1v) is 8.16. The van der Waals surface area contributed by atoms with Crippen LogP contribution in [-0.4, -0.2) is 22.8 Å². The van der Waals surface area contributed by atoms with Gasteiger partial charge in [-0.25, -0.2) is 4.79 Å². The molecule has 2 aromatic rings. The summed E-state index contributed by atoms with van der Waals surface area (Å²) in [6.45, 7) is 1.27. The number of aromatic nitrogens is 2. The number of ether oxygens (including phenoxy) is 2. The van der Waals surface area contributed by atoms with E-state index in [4.69, 9.17) is 9.47 Å². The molecule has 0 saturated carbocycles. The van der Waals surface area contributed by atoms with E-state index in [9.17, 15) is 9.59 Å². The third kappa shape index (κ3) is 3.98. The number of allylic oxidation sites excluding steroid dienone is 1. The zero-order valence-electron chi connectivity index (χ0n) is 12.2. The second-order valence-corrected chi connectivity index (χ2v) is 6.28. The monoisotopic (exact) mass is 426 g/mol. The molecule has 0 radical (unpaired) electrons. The van der Waals surface area contributed by atoms with Gasteiger partial charge in [0.2, 0.25) is 0 Å². The number of halogens is 1. The number of aromatic amines is 1. The second-order valence-electron chi connectivity index (χ2n) is 5.12. The maximum Gasteiger partial charge on any atom is 0.328 e. The molecule has 1 aliphatic rings. The van der Waals surface area contributed by atoms with Gasteiger partial charge in [0.25, 0.3) is 5.56 Å². The van der Waals surface area contributed by atoms with Crippen LogP contribution in [0.5, 0.6) is 0 Å². The zero-order chi connectivity index (χ0) is 16.2. The van der Waals surface area contributed by atoms with Crippen LogP contribution in [0.2, 0.25) is 0 Å². The van der Waals surface area contributed by atoms with Crippen molar-refractivity contribution in [2.24, 2.45) is 0 Å². The van der Waals surface area contributed by atoms with Gasteiger partial charge in [-0.3, -0.25) is 14.3 Å². The molecule has 0 atom stereocenters. The lowest BCUT2D eigenvalue weighted by atomic mass is 10.2. The van der Waals surface area contributed by atoms with E-state index in [0.717, 1.165) is 11.1 Å². The fraction of sp³-hybridized carbons (Fsp3) is 0.250. The minimum Gasteiger partial charge on any atom is -0.344 e. The number of nitrogens with zero attached hydrogens (tertiary/aromatic N) is 1. The van der Waals surface area contributed by atoms with Crippen molar-refractivity contribution in [2.45, 2.75) is 12.8 Å². The first-order chi connectivity index (χ1) is 11.1. The Kier molecular flexibility index (Phi) is 5.09. The van der Waals surface area contributed by atoms with Crippen LogP contribution in [-0.2, 0) is 16.0 Å². The van der Waals surface area contributed by atoms with E-state index in [1.165, 1.54) is 10.8 Å². The second kappa shape index (κ2) is 7.24. The first-order valence-electron chi connectivity index (χ1n) is 7.09. The first kappa shape index (κ1) is 16.2. The van der Waals surface area contributed by atoms with Gasteiger partial charge < -0.3 is 9.47 Å². The molecule has 6 nitrogen and oxygen atoms in total. The van der Waals surface area contributed by atoms with Crippen molar-refractivity contribution in [1.82, 2.24) is 9.55 Å². The van der Waals surface area contributed by atoms with Crippen LogP contribution in [0.15, 0.2) is 57.8 Å². The molecule has 1 aromatic heterocycles. The lowest BCUT2D eigenvalue weighted by molar-refractivity contribution is -0.161. The highest BCUT2D eigenvalue weighted by Crippen LogP contribution is 2.24. The van der Waals surface area contributed by atoms with Crippen molar-refractivity contribution in [3.8, 4) is 0 Å². The normalized spacial score (nSPS) is 18.0. The minimum atomic E-state index is -0.424. The summed E-state index contributed by atoms with van der Waals surface area (Å²) >= 11 is 1.90. The van der Waals surface area contributed by atoms with Crippen molar-refractivity contribution in [3.63, 3.8) is 0 Å². The number of nitrogens with one attached hydrogen (secondary N) is 1. The minimum absolute atomic E-state index is 0.356. The average molecular weight is 426 g/mol. The van der Waals surface area contributed by atoms with Gasteiger partial charge in [-0.05, 0) is 28.2 Å². The lowest BCUT2D eigenvalue weighted by Gasteiger charge is -2.25. The quantitative estimate of drug-likeness (QED) is 0.601. The Morgan fingerprint density at radius 1 is 1.22 bits per heavy atom. The van der Waals surface area contributed by atoms with Gasteiger partial charge in [0.05, 0.1) is 16.8 Å². The van der Waals surface area contributed by atoms with E-state index in [2.05, 4.69) is 4.98 Å². The average Bonchev–Trinajstić information content (AvgIpc) is 2.58. The Hall–Kier alpha value is -1.71. The van der Waals surface area contributed by atoms with Crippen molar-refractivity contribution >= 4 is 22.6 Å². The van der Waals surface area contributed by atoms with Gasteiger partial charge >= 0.3 is 5.69 Å². The number of benzene rings is 1. The predicted octanol–water partition coefficient (Wildman–Crippen LogP) is 1.81. The molecule has 7 heteroatoms. The molecule has 2 heterocycles. The van der Waals surface area contributed by atoms with Gasteiger partial charge in [-0.1, -0.05) is 36.4 Å². The Bertz CT molecular complexity index is 816. The van der Waals surface area contributed by atoms with Crippen LogP contribution in [0.4, 0.5) is 0 Å². The molecule has 0 spiro atoms. The van der Waals surface area contributed by atoms with Crippen LogP contribution in [0, 0.1) is 3.57 Å². The number of H-pyrrole nitrogens is 1. The van der Waals surface area contributed by atoms with E-state index < -0.39 is 5.69 Å². The third-order valence-corrected chi connectivity index (χ3v) is 4.22. The Balaban J connectivity index is 1.64. The SMILES string of the molecule is O=c1[nH]c(=O)n(CC=C2COC(c3ccccc3)OC2)cc1I. The summed E-state index contributed by atoms with van der Waals surface area (Å²) in [5, 5.41) is 0. The molecular weight excluding hydrogens is 411 g/mol. The summed E-state index contributed by atoms with van der Waals surface area (Å²) in [4.78, 5) is 25.3. The lowest BCUT2D eigenvalue weighted by Crippen LogP contribution is -2.31. The summed E-state index contributed by atoms with van der Waals surface area (Å²) in [7, 11) is 0. The highest BCUT2D eigenvalue weighted by Gasteiger charge is 2.18. The van der Waals surface area contributed by atoms with Gasteiger partial charge in [-0.15, -0.1) is 0 Å². The van der Waals surface area contributed by atoms with E-state index in [0.29, 0.717) is 23.3 Å². The highest BCUT2D eigenvalue weighted by molar-refractivity contribution is 14.1. The third-order valence-electron chi connectivity index (χ3n) is 3.46. The summed E-state index contributed by atoms with van der Waals surface area (Å²) in [6, 6.07) is 9.75. The standard InChI is InChI=1S/C16H15IN2O4/c17-13-8-19(16(21)18-14(13)20)7-6-11-9-22-15(23-10-11)12-4-2-1-3-5-12/h1-6,8,15H,7,9-10H2,(H,18,20,21). The number of hydrogen-bond donors (Lipinski definition) is 1. The molecule has 120 valence electrons.